The summed E-state index contributed by atoms with van der Waals surface area (Å²) in [6.07, 6.45) is 0.901. The Morgan fingerprint density at radius 3 is 2.33 bits per heavy atom. The van der Waals surface area contributed by atoms with Gasteiger partial charge >= 0.3 is 5.97 Å². The molecule has 1 aromatic rings. The lowest BCUT2D eigenvalue weighted by Gasteiger charge is -2.26. The SMILES string of the molecule is Cc1cc(C)cc(OCCN(CCCC(=O)O)C(C)C)c1. The first kappa shape index (κ1) is 17.5. The van der Waals surface area contributed by atoms with E-state index in [2.05, 4.69) is 38.7 Å². The number of nitrogens with zero attached hydrogens (tertiary/aromatic N) is 1. The van der Waals surface area contributed by atoms with E-state index in [9.17, 15) is 4.79 Å². The average Bonchev–Trinajstić information content (AvgIpc) is 2.35. The van der Waals surface area contributed by atoms with Gasteiger partial charge < -0.3 is 9.84 Å². The van der Waals surface area contributed by atoms with E-state index in [1.54, 1.807) is 0 Å². The number of aliphatic carboxylic acids is 1. The number of aryl methyl sites for hydroxylation is 2. The van der Waals surface area contributed by atoms with Gasteiger partial charge in [0.2, 0.25) is 0 Å². The normalized spacial score (nSPS) is 11.1. The minimum absolute atomic E-state index is 0.223. The Balaban J connectivity index is 2.40. The van der Waals surface area contributed by atoms with Crippen LogP contribution < -0.4 is 4.74 Å². The van der Waals surface area contributed by atoms with E-state index in [4.69, 9.17) is 9.84 Å². The second-order valence-electron chi connectivity index (χ2n) is 5.80. The summed E-state index contributed by atoms with van der Waals surface area (Å²) in [5, 5.41) is 8.70. The molecule has 4 heteroatoms. The van der Waals surface area contributed by atoms with E-state index < -0.39 is 5.97 Å². The Morgan fingerprint density at radius 1 is 1.19 bits per heavy atom. The number of hydrogen-bond donors (Lipinski definition) is 1. The molecule has 0 unspecified atom stereocenters. The van der Waals surface area contributed by atoms with Crippen LogP contribution in [0.25, 0.3) is 0 Å². The summed E-state index contributed by atoms with van der Waals surface area (Å²) < 4.78 is 5.82. The number of rotatable bonds is 9. The number of carbonyl (C=O) groups is 1. The molecule has 0 saturated carbocycles. The standard InChI is InChI=1S/C17H27NO3/c1-13(2)18(7-5-6-17(19)20)8-9-21-16-11-14(3)10-15(4)12-16/h10-13H,5-9H2,1-4H3,(H,19,20). The Bertz CT molecular complexity index is 437. The maximum atomic E-state index is 10.6. The number of benzene rings is 1. The first-order chi connectivity index (χ1) is 9.88. The molecule has 118 valence electrons. The minimum atomic E-state index is -0.731. The predicted molar refractivity (Wildman–Crippen MR) is 85.0 cm³/mol. The van der Waals surface area contributed by atoms with Crippen molar-refractivity contribution in [2.24, 2.45) is 0 Å². The molecule has 0 fully saturated rings. The highest BCUT2D eigenvalue weighted by Crippen LogP contribution is 2.16. The van der Waals surface area contributed by atoms with E-state index in [-0.39, 0.29) is 6.42 Å². The summed E-state index contributed by atoms with van der Waals surface area (Å²) in [5.74, 6) is 0.173. The highest BCUT2D eigenvalue weighted by atomic mass is 16.5. The molecule has 0 spiro atoms. The fraction of sp³-hybridized carbons (Fsp3) is 0.588. The van der Waals surface area contributed by atoms with Gasteiger partial charge in [0.25, 0.3) is 0 Å². The average molecular weight is 293 g/mol. The van der Waals surface area contributed by atoms with E-state index in [1.807, 2.05) is 12.1 Å². The van der Waals surface area contributed by atoms with Crippen LogP contribution in [0.1, 0.15) is 37.8 Å². The first-order valence-corrected chi connectivity index (χ1v) is 7.55. The van der Waals surface area contributed by atoms with Crippen LogP contribution in [0.2, 0.25) is 0 Å². The zero-order valence-corrected chi connectivity index (χ0v) is 13.6. The Kier molecular flexibility index (Phi) is 7.23. The van der Waals surface area contributed by atoms with Gasteiger partial charge in [-0.1, -0.05) is 6.07 Å². The molecule has 0 aliphatic rings. The highest BCUT2D eigenvalue weighted by molar-refractivity contribution is 5.66. The Hall–Kier alpha value is -1.55. The van der Waals surface area contributed by atoms with Crippen LogP contribution in [0, 0.1) is 13.8 Å². The molecule has 0 heterocycles. The smallest absolute Gasteiger partial charge is 0.303 e. The van der Waals surface area contributed by atoms with Crippen LogP contribution in [-0.4, -0.2) is 41.7 Å². The summed E-state index contributed by atoms with van der Waals surface area (Å²) in [6, 6.07) is 6.59. The van der Waals surface area contributed by atoms with Crippen LogP contribution in [0.5, 0.6) is 5.75 Å². The van der Waals surface area contributed by atoms with Gasteiger partial charge in [0.05, 0.1) is 0 Å². The van der Waals surface area contributed by atoms with Gasteiger partial charge in [-0.3, -0.25) is 9.69 Å². The van der Waals surface area contributed by atoms with Crippen molar-refractivity contribution in [2.75, 3.05) is 19.7 Å². The molecule has 4 nitrogen and oxygen atoms in total. The maximum Gasteiger partial charge on any atom is 0.303 e. The van der Waals surface area contributed by atoms with E-state index >= 15 is 0 Å². The summed E-state index contributed by atoms with van der Waals surface area (Å²) >= 11 is 0. The van der Waals surface area contributed by atoms with Crippen LogP contribution in [0.4, 0.5) is 0 Å². The van der Waals surface area contributed by atoms with E-state index in [1.165, 1.54) is 11.1 Å². The van der Waals surface area contributed by atoms with Crippen molar-refractivity contribution in [3.63, 3.8) is 0 Å². The zero-order valence-electron chi connectivity index (χ0n) is 13.6. The molecule has 0 radical (unpaired) electrons. The molecule has 1 aromatic carbocycles. The molecule has 0 saturated heterocycles. The maximum absolute atomic E-state index is 10.6. The lowest BCUT2D eigenvalue weighted by Crippen LogP contribution is -2.35. The van der Waals surface area contributed by atoms with Crippen LogP contribution in [-0.2, 0) is 4.79 Å². The van der Waals surface area contributed by atoms with Crippen molar-refractivity contribution in [2.45, 2.75) is 46.6 Å². The summed E-state index contributed by atoms with van der Waals surface area (Å²) in [5.41, 5.74) is 2.40. The van der Waals surface area contributed by atoms with Crippen molar-refractivity contribution in [3.8, 4) is 5.75 Å². The molecule has 0 atom stereocenters. The van der Waals surface area contributed by atoms with Crippen molar-refractivity contribution in [3.05, 3.63) is 29.3 Å². The van der Waals surface area contributed by atoms with Gasteiger partial charge in [-0.25, -0.2) is 0 Å². The van der Waals surface area contributed by atoms with Crippen molar-refractivity contribution in [1.82, 2.24) is 4.90 Å². The molecule has 0 bridgehead atoms. The van der Waals surface area contributed by atoms with Crippen molar-refractivity contribution < 1.29 is 14.6 Å². The third kappa shape index (κ3) is 7.14. The molecule has 0 aliphatic carbocycles. The number of ether oxygens (including phenoxy) is 1. The van der Waals surface area contributed by atoms with Gasteiger partial charge in [0.1, 0.15) is 12.4 Å². The van der Waals surface area contributed by atoms with Crippen molar-refractivity contribution in [1.29, 1.82) is 0 Å². The fourth-order valence-electron chi connectivity index (χ4n) is 2.36. The van der Waals surface area contributed by atoms with Crippen LogP contribution in [0.15, 0.2) is 18.2 Å². The summed E-state index contributed by atoms with van der Waals surface area (Å²) in [4.78, 5) is 12.8. The minimum Gasteiger partial charge on any atom is -0.492 e. The largest absolute Gasteiger partial charge is 0.492 e. The molecular weight excluding hydrogens is 266 g/mol. The van der Waals surface area contributed by atoms with E-state index in [0.717, 1.165) is 18.8 Å². The predicted octanol–water partition coefficient (Wildman–Crippen LogP) is 3.26. The third-order valence-corrected chi connectivity index (χ3v) is 3.41. The van der Waals surface area contributed by atoms with Gasteiger partial charge in [-0.2, -0.15) is 0 Å². The van der Waals surface area contributed by atoms with Crippen molar-refractivity contribution >= 4 is 5.97 Å². The topological polar surface area (TPSA) is 49.8 Å². The molecular formula is C17H27NO3. The van der Waals surface area contributed by atoms with Crippen LogP contribution in [0.3, 0.4) is 0 Å². The zero-order chi connectivity index (χ0) is 15.8. The number of carboxylic acids is 1. The second-order valence-corrected chi connectivity index (χ2v) is 5.80. The number of hydrogen-bond acceptors (Lipinski definition) is 3. The molecule has 1 N–H and O–H groups in total. The molecule has 21 heavy (non-hydrogen) atoms. The Morgan fingerprint density at radius 2 is 1.81 bits per heavy atom. The number of carboxylic acid groups (broad SMARTS) is 1. The Labute approximate surface area is 127 Å². The molecule has 1 rings (SSSR count). The van der Waals surface area contributed by atoms with Crippen LogP contribution >= 0.6 is 0 Å². The quantitative estimate of drug-likeness (QED) is 0.759. The molecule has 0 aromatic heterocycles. The summed E-state index contributed by atoms with van der Waals surface area (Å²) in [7, 11) is 0. The van der Waals surface area contributed by atoms with Gasteiger partial charge in [0.15, 0.2) is 0 Å². The lowest BCUT2D eigenvalue weighted by molar-refractivity contribution is -0.137. The van der Waals surface area contributed by atoms with E-state index in [0.29, 0.717) is 19.1 Å². The fourth-order valence-corrected chi connectivity index (χ4v) is 2.36. The first-order valence-electron chi connectivity index (χ1n) is 7.55. The summed E-state index contributed by atoms with van der Waals surface area (Å²) in [6.45, 7) is 10.6. The van der Waals surface area contributed by atoms with Gasteiger partial charge in [-0.05, 0) is 63.9 Å². The van der Waals surface area contributed by atoms with Gasteiger partial charge in [0, 0.05) is 19.0 Å². The molecule has 0 amide bonds. The monoisotopic (exact) mass is 293 g/mol. The molecule has 0 aliphatic heterocycles. The second kappa shape index (κ2) is 8.67. The lowest BCUT2D eigenvalue weighted by atomic mass is 10.1. The third-order valence-electron chi connectivity index (χ3n) is 3.41. The highest BCUT2D eigenvalue weighted by Gasteiger charge is 2.10. The van der Waals surface area contributed by atoms with Gasteiger partial charge in [-0.15, -0.1) is 0 Å².